The van der Waals surface area contributed by atoms with Crippen molar-refractivity contribution in [2.45, 2.75) is 13.3 Å². The van der Waals surface area contributed by atoms with E-state index in [4.69, 9.17) is 11.6 Å². The van der Waals surface area contributed by atoms with Gasteiger partial charge in [-0.1, -0.05) is 25.1 Å². The third-order valence-electron chi connectivity index (χ3n) is 4.45. The summed E-state index contributed by atoms with van der Waals surface area (Å²) >= 11 is 7.88. The Bertz CT molecular complexity index is 841. The molecule has 6 heteroatoms. The van der Waals surface area contributed by atoms with Crippen LogP contribution < -0.4 is 9.80 Å². The summed E-state index contributed by atoms with van der Waals surface area (Å²) in [4.78, 5) is 16.0. The molecule has 4 nitrogen and oxygen atoms in total. The Kier molecular flexibility index (Phi) is 4.29. The first-order chi connectivity index (χ1) is 11.7. The molecule has 0 N–H and O–H groups in total. The molecular weight excluding hydrogens is 340 g/mol. The molecule has 2 aromatic heterocycles. The Labute approximate surface area is 150 Å². The zero-order chi connectivity index (χ0) is 16.5. The van der Waals surface area contributed by atoms with Gasteiger partial charge in [0.15, 0.2) is 0 Å². The highest BCUT2D eigenvalue weighted by atomic mass is 35.5. The molecule has 0 aliphatic carbocycles. The summed E-state index contributed by atoms with van der Waals surface area (Å²) in [5.74, 6) is 0.980. The van der Waals surface area contributed by atoms with Crippen LogP contribution in [-0.2, 0) is 6.42 Å². The summed E-state index contributed by atoms with van der Waals surface area (Å²) in [5.41, 5.74) is 1.28. The summed E-state index contributed by atoms with van der Waals surface area (Å²) in [5, 5.41) is 1.47. The Morgan fingerprint density at radius 2 is 1.75 bits per heavy atom. The van der Waals surface area contributed by atoms with E-state index in [9.17, 15) is 0 Å². The number of aromatic nitrogens is 2. The molecule has 3 aromatic rings. The van der Waals surface area contributed by atoms with E-state index in [1.165, 1.54) is 10.6 Å². The largest absolute Gasteiger partial charge is 0.368 e. The van der Waals surface area contributed by atoms with Gasteiger partial charge in [-0.3, -0.25) is 0 Å². The third kappa shape index (κ3) is 2.94. The topological polar surface area (TPSA) is 32.3 Å². The first-order valence-electron chi connectivity index (χ1n) is 8.25. The fourth-order valence-corrected chi connectivity index (χ4v) is 4.34. The van der Waals surface area contributed by atoms with Crippen molar-refractivity contribution in [2.75, 3.05) is 36.0 Å². The normalized spacial score (nSPS) is 15.2. The number of aryl methyl sites for hydroxylation is 1. The lowest BCUT2D eigenvalue weighted by Gasteiger charge is -2.37. The van der Waals surface area contributed by atoms with Crippen molar-refractivity contribution in [3.05, 3.63) is 46.6 Å². The molecule has 0 atom stereocenters. The third-order valence-corrected chi connectivity index (χ3v) is 5.79. The number of nitrogens with zero attached hydrogens (tertiary/aromatic N) is 4. The molecule has 0 radical (unpaired) electrons. The van der Waals surface area contributed by atoms with Crippen LogP contribution in [0.5, 0.6) is 0 Å². The molecule has 0 unspecified atom stereocenters. The van der Waals surface area contributed by atoms with Gasteiger partial charge in [-0.05, 0) is 36.2 Å². The Balaban J connectivity index is 1.59. The van der Waals surface area contributed by atoms with Crippen LogP contribution in [0.3, 0.4) is 0 Å². The van der Waals surface area contributed by atoms with E-state index >= 15 is 0 Å². The number of hydrogen-bond donors (Lipinski definition) is 0. The highest BCUT2D eigenvalue weighted by molar-refractivity contribution is 7.18. The van der Waals surface area contributed by atoms with Crippen molar-refractivity contribution in [2.24, 2.45) is 0 Å². The van der Waals surface area contributed by atoms with Gasteiger partial charge < -0.3 is 9.80 Å². The zero-order valence-electron chi connectivity index (χ0n) is 13.6. The first-order valence-corrected chi connectivity index (χ1v) is 9.45. The van der Waals surface area contributed by atoms with Gasteiger partial charge in [0.2, 0.25) is 5.28 Å². The standard InChI is InChI=1S/C18H19ClN4S/c1-2-14-12-15-16(20-18(19)21-17(15)24-14)23-10-8-22(9-11-23)13-6-4-3-5-7-13/h3-7,12H,2,8-11H2,1H3. The molecule has 1 fully saturated rings. The number of rotatable bonds is 3. The zero-order valence-corrected chi connectivity index (χ0v) is 15.1. The van der Waals surface area contributed by atoms with Gasteiger partial charge in [-0.15, -0.1) is 11.3 Å². The number of para-hydroxylation sites is 1. The number of anilines is 2. The summed E-state index contributed by atoms with van der Waals surface area (Å²) in [6.07, 6.45) is 1.01. The summed E-state index contributed by atoms with van der Waals surface area (Å²) in [7, 11) is 0. The highest BCUT2D eigenvalue weighted by Crippen LogP contribution is 2.33. The number of fused-ring (bicyclic) bond motifs is 1. The van der Waals surface area contributed by atoms with Crippen LogP contribution in [0.1, 0.15) is 11.8 Å². The molecule has 0 spiro atoms. The van der Waals surface area contributed by atoms with E-state index in [1.54, 1.807) is 11.3 Å². The number of halogens is 1. The van der Waals surface area contributed by atoms with Gasteiger partial charge in [-0.2, -0.15) is 4.98 Å². The van der Waals surface area contributed by atoms with Crippen molar-refractivity contribution >= 4 is 44.7 Å². The number of thiophene rings is 1. The fraction of sp³-hybridized carbons (Fsp3) is 0.333. The molecule has 1 aromatic carbocycles. The van der Waals surface area contributed by atoms with Crippen LogP contribution in [0.2, 0.25) is 5.28 Å². The molecule has 4 rings (SSSR count). The number of hydrogen-bond acceptors (Lipinski definition) is 5. The second-order valence-corrected chi connectivity index (χ2v) is 7.36. The van der Waals surface area contributed by atoms with Gasteiger partial charge in [-0.25, -0.2) is 4.98 Å². The quantitative estimate of drug-likeness (QED) is 0.656. The van der Waals surface area contributed by atoms with Crippen LogP contribution in [0.4, 0.5) is 11.5 Å². The lowest BCUT2D eigenvalue weighted by molar-refractivity contribution is 0.649. The number of piperazine rings is 1. The molecule has 0 amide bonds. The average Bonchev–Trinajstić information content (AvgIpc) is 3.05. The van der Waals surface area contributed by atoms with Crippen molar-refractivity contribution in [3.8, 4) is 0 Å². The number of benzene rings is 1. The van der Waals surface area contributed by atoms with Crippen molar-refractivity contribution in [1.29, 1.82) is 0 Å². The fourth-order valence-electron chi connectivity index (χ4n) is 3.16. The summed E-state index contributed by atoms with van der Waals surface area (Å²) < 4.78 is 0. The molecular formula is C18H19ClN4S. The minimum absolute atomic E-state index is 0.340. The lowest BCUT2D eigenvalue weighted by atomic mass is 10.2. The van der Waals surface area contributed by atoms with Gasteiger partial charge in [0.05, 0.1) is 5.39 Å². The molecule has 3 heterocycles. The van der Waals surface area contributed by atoms with Crippen molar-refractivity contribution in [1.82, 2.24) is 9.97 Å². The molecule has 0 saturated carbocycles. The van der Waals surface area contributed by atoms with Crippen molar-refractivity contribution < 1.29 is 0 Å². The van der Waals surface area contributed by atoms with E-state index in [1.807, 2.05) is 0 Å². The summed E-state index contributed by atoms with van der Waals surface area (Å²) in [6.45, 7) is 6.01. The maximum Gasteiger partial charge on any atom is 0.225 e. The lowest BCUT2D eigenvalue weighted by Crippen LogP contribution is -2.46. The van der Waals surface area contributed by atoms with E-state index < -0.39 is 0 Å². The monoisotopic (exact) mass is 358 g/mol. The van der Waals surface area contributed by atoms with Gasteiger partial charge >= 0.3 is 0 Å². The van der Waals surface area contributed by atoms with Gasteiger partial charge in [0.1, 0.15) is 10.6 Å². The van der Waals surface area contributed by atoms with Gasteiger partial charge in [0.25, 0.3) is 0 Å². The van der Waals surface area contributed by atoms with Gasteiger partial charge in [0, 0.05) is 36.7 Å². The SMILES string of the molecule is CCc1cc2c(N3CCN(c4ccccc4)CC3)nc(Cl)nc2s1. The van der Waals surface area contributed by atoms with E-state index in [0.29, 0.717) is 5.28 Å². The van der Waals surface area contributed by atoms with Crippen molar-refractivity contribution in [3.63, 3.8) is 0 Å². The minimum Gasteiger partial charge on any atom is -0.368 e. The molecule has 0 bridgehead atoms. The molecule has 124 valence electrons. The predicted molar refractivity (Wildman–Crippen MR) is 103 cm³/mol. The molecule has 1 aliphatic heterocycles. The smallest absolute Gasteiger partial charge is 0.225 e. The second-order valence-electron chi connectivity index (χ2n) is 5.91. The minimum atomic E-state index is 0.340. The predicted octanol–water partition coefficient (Wildman–Crippen LogP) is 4.23. The Morgan fingerprint density at radius 1 is 1.04 bits per heavy atom. The van der Waals surface area contributed by atoms with Crippen LogP contribution in [-0.4, -0.2) is 36.1 Å². The van der Waals surface area contributed by atoms with Crippen LogP contribution >= 0.6 is 22.9 Å². The average molecular weight is 359 g/mol. The first kappa shape index (κ1) is 15.7. The summed E-state index contributed by atoms with van der Waals surface area (Å²) in [6, 6.07) is 12.8. The Morgan fingerprint density at radius 3 is 2.46 bits per heavy atom. The molecule has 1 aliphatic rings. The maximum atomic E-state index is 6.17. The van der Waals surface area contributed by atoms with E-state index in [2.05, 4.69) is 63.1 Å². The molecule has 1 saturated heterocycles. The second kappa shape index (κ2) is 6.57. The highest BCUT2D eigenvalue weighted by Gasteiger charge is 2.21. The van der Waals surface area contributed by atoms with Crippen LogP contribution in [0.25, 0.3) is 10.2 Å². The maximum absolute atomic E-state index is 6.17. The Hall–Kier alpha value is -1.85. The van der Waals surface area contributed by atoms with Crippen LogP contribution in [0, 0.1) is 0 Å². The van der Waals surface area contributed by atoms with E-state index in [-0.39, 0.29) is 0 Å². The van der Waals surface area contributed by atoms with E-state index in [0.717, 1.165) is 48.6 Å². The van der Waals surface area contributed by atoms with Crippen LogP contribution in [0.15, 0.2) is 36.4 Å². The molecule has 24 heavy (non-hydrogen) atoms.